The van der Waals surface area contributed by atoms with Gasteiger partial charge in [0, 0.05) is 6.42 Å². The Morgan fingerprint density at radius 1 is 1.50 bits per heavy atom. The van der Waals surface area contributed by atoms with E-state index in [1.165, 1.54) is 16.2 Å². The van der Waals surface area contributed by atoms with Gasteiger partial charge in [-0.2, -0.15) is 0 Å². The molecule has 0 fully saturated rings. The molecule has 1 atom stereocenters. The largest absolute Gasteiger partial charge is 0.382 e. The molecule has 0 aromatic carbocycles. The summed E-state index contributed by atoms with van der Waals surface area (Å²) in [5.74, 6) is 4.56. The second-order valence-electron chi connectivity index (χ2n) is 4.04. The van der Waals surface area contributed by atoms with Crippen LogP contribution in [0.2, 0.25) is 4.34 Å². The van der Waals surface area contributed by atoms with Crippen LogP contribution >= 0.6 is 22.9 Å². The molecule has 0 aliphatic carbocycles. The molecule has 0 radical (unpaired) electrons. The third-order valence-electron chi connectivity index (χ3n) is 2.68. The second-order valence-corrected chi connectivity index (χ2v) is 5.76. The van der Waals surface area contributed by atoms with Crippen LogP contribution in [-0.4, -0.2) is 35.7 Å². The molecule has 20 heavy (non-hydrogen) atoms. The Kier molecular flexibility index (Phi) is 4.68. The van der Waals surface area contributed by atoms with Crippen LogP contribution in [-0.2, 0) is 9.63 Å². The first-order valence-electron chi connectivity index (χ1n) is 5.79. The third kappa shape index (κ3) is 3.14. The fourth-order valence-electron chi connectivity index (χ4n) is 1.76. The molecule has 0 spiro atoms. The van der Waals surface area contributed by atoms with Crippen LogP contribution < -0.4 is 0 Å². The predicted octanol–water partition coefficient (Wildman–Crippen LogP) is 1.99. The first kappa shape index (κ1) is 14.5. The van der Waals surface area contributed by atoms with Gasteiger partial charge in [0.25, 0.3) is 5.91 Å². The van der Waals surface area contributed by atoms with Gasteiger partial charge in [-0.05, 0) is 12.1 Å². The number of rotatable bonds is 4. The SMILES string of the molecule is C#CCN(CC#C)C(=O)C1CC(c2ccc(Cl)s2)=NO1. The zero-order valence-electron chi connectivity index (χ0n) is 10.5. The highest BCUT2D eigenvalue weighted by Crippen LogP contribution is 2.26. The first-order valence-corrected chi connectivity index (χ1v) is 6.99. The zero-order valence-corrected chi connectivity index (χ0v) is 12.1. The Balaban J connectivity index is 2.02. The number of amides is 1. The van der Waals surface area contributed by atoms with E-state index in [1.54, 1.807) is 6.07 Å². The van der Waals surface area contributed by atoms with E-state index in [4.69, 9.17) is 29.3 Å². The number of halogens is 1. The van der Waals surface area contributed by atoms with E-state index in [2.05, 4.69) is 17.0 Å². The van der Waals surface area contributed by atoms with E-state index >= 15 is 0 Å². The Morgan fingerprint density at radius 2 is 2.20 bits per heavy atom. The molecule has 1 aliphatic heterocycles. The molecular formula is C14H11ClN2O2S. The van der Waals surface area contributed by atoms with Crippen molar-refractivity contribution in [3.63, 3.8) is 0 Å². The average molecular weight is 307 g/mol. The molecule has 0 N–H and O–H groups in total. The summed E-state index contributed by atoms with van der Waals surface area (Å²) >= 11 is 7.27. The molecule has 6 heteroatoms. The highest BCUT2D eigenvalue weighted by molar-refractivity contribution is 7.18. The average Bonchev–Trinajstić information content (AvgIpc) is 3.06. The summed E-state index contributed by atoms with van der Waals surface area (Å²) in [7, 11) is 0. The van der Waals surface area contributed by atoms with Gasteiger partial charge in [-0.25, -0.2) is 0 Å². The number of oxime groups is 1. The number of terminal acetylenes is 2. The van der Waals surface area contributed by atoms with Crippen LogP contribution in [0.5, 0.6) is 0 Å². The lowest BCUT2D eigenvalue weighted by atomic mass is 10.1. The summed E-state index contributed by atoms with van der Waals surface area (Å²) in [4.78, 5) is 19.7. The summed E-state index contributed by atoms with van der Waals surface area (Å²) in [5, 5.41) is 3.94. The van der Waals surface area contributed by atoms with Crippen molar-refractivity contribution in [3.8, 4) is 24.7 Å². The van der Waals surface area contributed by atoms with Gasteiger partial charge < -0.3 is 9.74 Å². The molecule has 102 valence electrons. The van der Waals surface area contributed by atoms with Gasteiger partial charge in [0.2, 0.25) is 6.10 Å². The minimum Gasteiger partial charge on any atom is -0.382 e. The van der Waals surface area contributed by atoms with Crippen molar-refractivity contribution in [2.75, 3.05) is 13.1 Å². The number of thiophene rings is 1. The Morgan fingerprint density at radius 3 is 2.75 bits per heavy atom. The van der Waals surface area contributed by atoms with Gasteiger partial charge >= 0.3 is 0 Å². The number of carbonyl (C=O) groups is 1. The first-order chi connectivity index (χ1) is 9.65. The van der Waals surface area contributed by atoms with Gasteiger partial charge in [-0.15, -0.1) is 24.2 Å². The van der Waals surface area contributed by atoms with Crippen molar-refractivity contribution in [2.45, 2.75) is 12.5 Å². The molecule has 1 aromatic heterocycles. The molecule has 0 saturated heterocycles. The number of carbonyl (C=O) groups excluding carboxylic acids is 1. The van der Waals surface area contributed by atoms with Crippen molar-refractivity contribution in [2.24, 2.45) is 5.16 Å². The van der Waals surface area contributed by atoms with Crippen LogP contribution in [0.25, 0.3) is 0 Å². The summed E-state index contributed by atoms with van der Waals surface area (Å²) in [6.07, 6.45) is 10.2. The molecule has 1 aliphatic rings. The molecule has 1 amide bonds. The van der Waals surface area contributed by atoms with Crippen molar-refractivity contribution in [1.29, 1.82) is 0 Å². The zero-order chi connectivity index (χ0) is 14.5. The van der Waals surface area contributed by atoms with Gasteiger partial charge in [0.15, 0.2) is 0 Å². The van der Waals surface area contributed by atoms with Crippen LogP contribution in [0.4, 0.5) is 0 Å². The monoisotopic (exact) mass is 306 g/mol. The van der Waals surface area contributed by atoms with Gasteiger partial charge in [-0.1, -0.05) is 28.6 Å². The van der Waals surface area contributed by atoms with Gasteiger partial charge in [0.1, 0.15) is 5.71 Å². The normalized spacial score (nSPS) is 16.8. The fraction of sp³-hybridized carbons (Fsp3) is 0.286. The van der Waals surface area contributed by atoms with Crippen LogP contribution in [0.3, 0.4) is 0 Å². The van der Waals surface area contributed by atoms with E-state index in [0.29, 0.717) is 16.5 Å². The number of hydrogen-bond acceptors (Lipinski definition) is 4. The topological polar surface area (TPSA) is 41.9 Å². The van der Waals surface area contributed by atoms with Crippen LogP contribution in [0.15, 0.2) is 17.3 Å². The van der Waals surface area contributed by atoms with Crippen molar-refractivity contribution in [1.82, 2.24) is 4.90 Å². The van der Waals surface area contributed by atoms with E-state index in [9.17, 15) is 4.79 Å². The fourth-order valence-corrected chi connectivity index (χ4v) is 2.79. The second kappa shape index (κ2) is 6.47. The molecule has 4 nitrogen and oxygen atoms in total. The van der Waals surface area contributed by atoms with Crippen LogP contribution in [0, 0.1) is 24.7 Å². The highest BCUT2D eigenvalue weighted by atomic mass is 35.5. The third-order valence-corrected chi connectivity index (χ3v) is 3.96. The lowest BCUT2D eigenvalue weighted by molar-refractivity contribution is -0.140. The molecule has 2 heterocycles. The maximum atomic E-state index is 12.2. The maximum absolute atomic E-state index is 12.2. The highest BCUT2D eigenvalue weighted by Gasteiger charge is 2.32. The summed E-state index contributed by atoms with van der Waals surface area (Å²) in [6, 6.07) is 3.63. The summed E-state index contributed by atoms with van der Waals surface area (Å²) in [5.41, 5.74) is 0.710. The predicted molar refractivity (Wildman–Crippen MR) is 79.6 cm³/mol. The van der Waals surface area contributed by atoms with Crippen molar-refractivity contribution >= 4 is 34.6 Å². The Bertz CT molecular complexity index is 608. The molecule has 0 saturated carbocycles. The summed E-state index contributed by atoms with van der Waals surface area (Å²) in [6.45, 7) is 0.312. The van der Waals surface area contributed by atoms with E-state index in [1.807, 2.05) is 6.07 Å². The molecule has 1 aromatic rings. The van der Waals surface area contributed by atoms with Crippen LogP contribution in [0.1, 0.15) is 11.3 Å². The van der Waals surface area contributed by atoms with Crippen molar-refractivity contribution < 1.29 is 9.63 Å². The smallest absolute Gasteiger partial charge is 0.268 e. The minimum atomic E-state index is -0.674. The van der Waals surface area contributed by atoms with Gasteiger partial charge in [-0.3, -0.25) is 4.79 Å². The lowest BCUT2D eigenvalue weighted by Gasteiger charge is -2.19. The van der Waals surface area contributed by atoms with Gasteiger partial charge in [0.05, 0.1) is 22.3 Å². The van der Waals surface area contributed by atoms with Crippen molar-refractivity contribution in [3.05, 3.63) is 21.3 Å². The quantitative estimate of drug-likeness (QED) is 0.798. The van der Waals surface area contributed by atoms with E-state index < -0.39 is 6.10 Å². The van der Waals surface area contributed by atoms with E-state index in [0.717, 1.165) is 4.88 Å². The number of nitrogens with zero attached hydrogens (tertiary/aromatic N) is 2. The summed E-state index contributed by atoms with van der Waals surface area (Å²) < 4.78 is 0.666. The van der Waals surface area contributed by atoms with E-state index in [-0.39, 0.29) is 19.0 Å². The molecule has 0 bridgehead atoms. The standard InChI is InChI=1S/C14H11ClN2O2S/c1-3-7-17(8-4-2)14(18)11-9-10(16-19-11)12-5-6-13(15)20-12/h1-2,5-6,11H,7-9H2. The Hall–Kier alpha value is -1.95. The molecule has 1 unspecified atom stereocenters. The molecule has 2 rings (SSSR count). The Labute approximate surface area is 126 Å². The maximum Gasteiger partial charge on any atom is 0.268 e. The minimum absolute atomic E-state index is 0.156. The number of hydrogen-bond donors (Lipinski definition) is 0. The lowest BCUT2D eigenvalue weighted by Crippen LogP contribution is -2.39. The molecular weight excluding hydrogens is 296 g/mol.